The van der Waals surface area contributed by atoms with Gasteiger partial charge in [0.15, 0.2) is 12.2 Å². The van der Waals surface area contributed by atoms with Crippen LogP contribution in [0.5, 0.6) is 0 Å². The number of H-pyrrole nitrogens is 4. The molecule has 4 atom stereocenters. The van der Waals surface area contributed by atoms with Crippen molar-refractivity contribution >= 4 is 67.5 Å². The molecule has 62 heavy (non-hydrogen) atoms. The second kappa shape index (κ2) is 18.2. The van der Waals surface area contributed by atoms with Crippen LogP contribution in [0.25, 0.3) is 43.6 Å². The number of nitrogens with one attached hydrogen (secondary N) is 4. The number of benzene rings is 4. The van der Waals surface area contributed by atoms with Crippen molar-refractivity contribution in [1.82, 2.24) is 19.9 Å². The third-order valence-corrected chi connectivity index (χ3v) is 11.5. The molecule has 4 N–H and O–H groups in total. The fourth-order valence-corrected chi connectivity index (χ4v) is 8.35. The van der Waals surface area contributed by atoms with Gasteiger partial charge in [0.2, 0.25) is 12.4 Å². The largest absolute Gasteiger partial charge is 0.456 e. The van der Waals surface area contributed by atoms with E-state index in [0.29, 0.717) is 25.7 Å². The molecule has 0 spiro atoms. The number of aryl methyl sites for hydroxylation is 4. The predicted octanol–water partition coefficient (Wildman–Crippen LogP) is 8.08. The molecule has 1 aliphatic rings. The molecule has 13 heteroatoms. The van der Waals surface area contributed by atoms with Crippen molar-refractivity contribution in [2.45, 2.75) is 76.0 Å². The van der Waals surface area contributed by atoms with E-state index in [-0.39, 0.29) is 32.3 Å². The molecule has 1 aliphatic heterocycles. The molecule has 0 unspecified atom stereocenters. The molecule has 1 fully saturated rings. The van der Waals surface area contributed by atoms with E-state index in [0.717, 1.165) is 65.9 Å². The van der Waals surface area contributed by atoms with Gasteiger partial charge in [0, 0.05) is 94.1 Å². The number of carbonyl (C=O) groups is 4. The van der Waals surface area contributed by atoms with E-state index in [1.54, 1.807) is 0 Å². The number of para-hydroxylation sites is 4. The van der Waals surface area contributed by atoms with Gasteiger partial charge in [-0.3, -0.25) is 19.2 Å². The summed E-state index contributed by atoms with van der Waals surface area (Å²) >= 11 is 0. The minimum Gasteiger partial charge on any atom is -0.456 e. The molecule has 0 saturated carbocycles. The van der Waals surface area contributed by atoms with E-state index in [9.17, 15) is 19.2 Å². The zero-order valence-corrected chi connectivity index (χ0v) is 33.9. The maximum absolute atomic E-state index is 13.8. The summed E-state index contributed by atoms with van der Waals surface area (Å²) in [4.78, 5) is 67.6. The lowest BCUT2D eigenvalue weighted by Crippen LogP contribution is -2.58. The highest BCUT2D eigenvalue weighted by Gasteiger charge is 2.49. The molecule has 0 aliphatic carbocycles. The van der Waals surface area contributed by atoms with Gasteiger partial charge in [-0.1, -0.05) is 72.8 Å². The van der Waals surface area contributed by atoms with E-state index >= 15 is 0 Å². The summed E-state index contributed by atoms with van der Waals surface area (Å²) < 4.78 is 30.2. The summed E-state index contributed by atoms with van der Waals surface area (Å²) in [5.74, 6) is -2.44. The summed E-state index contributed by atoms with van der Waals surface area (Å²) in [7, 11) is 0. The first kappa shape index (κ1) is 40.3. The molecule has 1 saturated heterocycles. The van der Waals surface area contributed by atoms with Gasteiger partial charge in [-0.25, -0.2) is 0 Å². The van der Waals surface area contributed by atoms with Gasteiger partial charge in [0.1, 0.15) is 0 Å². The molecule has 0 radical (unpaired) electrons. The Morgan fingerprint density at radius 2 is 0.758 bits per heavy atom. The fraction of sp³-hybridized carbons (Fsp3) is 0.265. The first-order valence-electron chi connectivity index (χ1n) is 21.0. The van der Waals surface area contributed by atoms with E-state index < -0.39 is 48.5 Å². The van der Waals surface area contributed by atoms with Gasteiger partial charge in [0.25, 0.3) is 0 Å². The Balaban J connectivity index is 0.946. The van der Waals surface area contributed by atoms with Crippen molar-refractivity contribution < 1.29 is 42.9 Å². The molecule has 13 nitrogen and oxygen atoms in total. The number of rotatable bonds is 16. The van der Waals surface area contributed by atoms with E-state index in [1.165, 1.54) is 0 Å². The lowest BCUT2D eigenvalue weighted by atomic mass is 10.0. The highest BCUT2D eigenvalue weighted by Crippen LogP contribution is 2.29. The van der Waals surface area contributed by atoms with E-state index in [4.69, 9.17) is 23.7 Å². The normalized spacial score (nSPS) is 17.7. The monoisotopic (exact) mass is 834 g/mol. The number of hydrogen-bond donors (Lipinski definition) is 4. The Kier molecular flexibility index (Phi) is 11.9. The predicted molar refractivity (Wildman–Crippen MR) is 232 cm³/mol. The van der Waals surface area contributed by atoms with Crippen LogP contribution in [-0.4, -0.2) is 75.0 Å². The molecule has 4 aromatic carbocycles. The number of esters is 4. The highest BCUT2D eigenvalue weighted by atomic mass is 16.7. The molecular formula is C49H46N4O9. The van der Waals surface area contributed by atoms with Crippen molar-refractivity contribution in [2.24, 2.45) is 0 Å². The van der Waals surface area contributed by atoms with Crippen LogP contribution in [0.4, 0.5) is 0 Å². The SMILES string of the molecule is O=C(CCc1c[nH]c2ccccc12)O[C@@H]1OC[C@H](OC(=O)CCc2c[nH]c3ccccc23)[C@H](OC(=O)CCc2c[nH]c3ccccc23)[C@H]1OC(=O)CCc1c[nH]c2ccccc12. The summed E-state index contributed by atoms with van der Waals surface area (Å²) in [6.45, 7) is -0.289. The first-order chi connectivity index (χ1) is 30.4. The summed E-state index contributed by atoms with van der Waals surface area (Å²) in [6, 6.07) is 31.1. The van der Waals surface area contributed by atoms with Crippen LogP contribution in [0.15, 0.2) is 122 Å². The van der Waals surface area contributed by atoms with Crippen LogP contribution in [0.3, 0.4) is 0 Å². The fourth-order valence-electron chi connectivity index (χ4n) is 8.35. The molecule has 9 rings (SSSR count). The third kappa shape index (κ3) is 8.98. The van der Waals surface area contributed by atoms with Crippen LogP contribution in [0, 0.1) is 0 Å². The quantitative estimate of drug-likeness (QED) is 0.0554. The Hall–Kier alpha value is -7.12. The summed E-state index contributed by atoms with van der Waals surface area (Å²) in [5, 5.41) is 3.95. The number of fused-ring (bicyclic) bond motifs is 4. The zero-order chi connectivity index (χ0) is 42.4. The maximum atomic E-state index is 13.8. The average molecular weight is 835 g/mol. The van der Waals surface area contributed by atoms with Crippen molar-refractivity contribution in [1.29, 1.82) is 0 Å². The molecule has 5 heterocycles. The Morgan fingerprint density at radius 3 is 1.15 bits per heavy atom. The van der Waals surface area contributed by atoms with Gasteiger partial charge in [-0.05, 0) is 72.2 Å². The Labute approximate surface area is 356 Å². The summed E-state index contributed by atoms with van der Waals surface area (Å²) in [6.07, 6.45) is 3.33. The molecule has 8 aromatic rings. The first-order valence-corrected chi connectivity index (χ1v) is 21.0. The molecule has 4 aromatic heterocycles. The van der Waals surface area contributed by atoms with Gasteiger partial charge in [0.05, 0.1) is 6.61 Å². The standard InChI is InChI=1S/C49H46N4O9/c54-43(21-17-30-25-50-38-13-5-1-9-34(30)38)59-42-29-58-49(62-46(57)24-20-33-28-53-41-16-8-4-12-37(33)41)48(61-45(56)23-19-32-27-52-40-15-7-3-11-36(32)40)47(42)60-44(55)22-18-31-26-51-39-14-6-2-10-35(31)39/h1-16,25-28,42,47-53H,17-24,29H2/t42-,47-,48+,49-/m0/s1. The van der Waals surface area contributed by atoms with Gasteiger partial charge in [-0.2, -0.15) is 0 Å². The van der Waals surface area contributed by atoms with Crippen LogP contribution < -0.4 is 0 Å². The molecule has 0 amide bonds. The minimum atomic E-state index is -1.46. The van der Waals surface area contributed by atoms with Gasteiger partial charge in [-0.15, -0.1) is 0 Å². The maximum Gasteiger partial charge on any atom is 0.308 e. The van der Waals surface area contributed by atoms with Crippen molar-refractivity contribution in [3.63, 3.8) is 0 Å². The minimum absolute atomic E-state index is 0.00966. The smallest absolute Gasteiger partial charge is 0.308 e. The Bertz CT molecular complexity index is 2670. The second-order valence-electron chi connectivity index (χ2n) is 15.6. The lowest BCUT2D eigenvalue weighted by molar-refractivity contribution is -0.275. The zero-order valence-electron chi connectivity index (χ0n) is 33.9. The number of carbonyl (C=O) groups excluding carboxylic acids is 4. The topological polar surface area (TPSA) is 178 Å². The lowest BCUT2D eigenvalue weighted by Gasteiger charge is -2.40. The second-order valence-corrected chi connectivity index (χ2v) is 15.6. The van der Waals surface area contributed by atoms with Gasteiger partial charge < -0.3 is 43.6 Å². The number of aromatic nitrogens is 4. The summed E-state index contributed by atoms with van der Waals surface area (Å²) in [5.41, 5.74) is 7.49. The van der Waals surface area contributed by atoms with Crippen molar-refractivity contribution in [2.75, 3.05) is 6.61 Å². The van der Waals surface area contributed by atoms with E-state index in [2.05, 4.69) is 19.9 Å². The molecule has 316 valence electrons. The molecular weight excluding hydrogens is 789 g/mol. The van der Waals surface area contributed by atoms with Crippen molar-refractivity contribution in [3.05, 3.63) is 144 Å². The van der Waals surface area contributed by atoms with Crippen LogP contribution in [0.1, 0.15) is 47.9 Å². The molecule has 0 bridgehead atoms. The van der Waals surface area contributed by atoms with Crippen LogP contribution in [-0.2, 0) is 68.5 Å². The van der Waals surface area contributed by atoms with E-state index in [1.807, 2.05) is 122 Å². The number of aromatic amines is 4. The average Bonchev–Trinajstić information content (AvgIpc) is 4.10. The van der Waals surface area contributed by atoms with Crippen LogP contribution >= 0.6 is 0 Å². The third-order valence-electron chi connectivity index (χ3n) is 11.5. The highest BCUT2D eigenvalue weighted by molar-refractivity contribution is 5.86. The van der Waals surface area contributed by atoms with Crippen molar-refractivity contribution in [3.8, 4) is 0 Å². The Morgan fingerprint density at radius 1 is 0.435 bits per heavy atom. The van der Waals surface area contributed by atoms with Gasteiger partial charge >= 0.3 is 23.9 Å². The van der Waals surface area contributed by atoms with Crippen LogP contribution in [0.2, 0.25) is 0 Å². The number of hydrogen-bond acceptors (Lipinski definition) is 9. The number of ether oxygens (including phenoxy) is 5.